The van der Waals surface area contributed by atoms with E-state index in [0.717, 1.165) is 24.0 Å². The van der Waals surface area contributed by atoms with E-state index in [9.17, 15) is 9.59 Å². The van der Waals surface area contributed by atoms with Gasteiger partial charge in [0.2, 0.25) is 5.91 Å². The molecule has 0 saturated carbocycles. The Hall–Kier alpha value is -2.53. The molecule has 0 radical (unpaired) electrons. The van der Waals surface area contributed by atoms with Crippen LogP contribution in [0.25, 0.3) is 0 Å². The van der Waals surface area contributed by atoms with Crippen molar-refractivity contribution in [2.75, 3.05) is 13.2 Å². The lowest BCUT2D eigenvalue weighted by molar-refractivity contribution is -0.142. The predicted molar refractivity (Wildman–Crippen MR) is 116 cm³/mol. The molecule has 1 N–H and O–H groups in total. The average molecular weight is 417 g/mol. The number of amides is 2. The number of carbonyl (C=O) groups excluding carboxylic acids is 2. The number of aryl methyl sites for hydroxylation is 1. The van der Waals surface area contributed by atoms with Crippen LogP contribution in [0.4, 0.5) is 0 Å². The van der Waals surface area contributed by atoms with Crippen LogP contribution in [-0.2, 0) is 16.1 Å². The topological polar surface area (TPSA) is 58.6 Å². The van der Waals surface area contributed by atoms with Crippen molar-refractivity contribution in [1.29, 1.82) is 0 Å². The molecule has 2 aromatic rings. The first-order valence-electron chi connectivity index (χ1n) is 9.91. The molecule has 29 heavy (non-hydrogen) atoms. The molecule has 5 nitrogen and oxygen atoms in total. The summed E-state index contributed by atoms with van der Waals surface area (Å²) in [4.78, 5) is 27.0. The Kier molecular flexibility index (Phi) is 9.00. The van der Waals surface area contributed by atoms with E-state index in [4.69, 9.17) is 16.3 Å². The minimum absolute atomic E-state index is 0.143. The fourth-order valence-electron chi connectivity index (χ4n) is 2.81. The molecule has 0 aliphatic carbocycles. The van der Waals surface area contributed by atoms with Gasteiger partial charge in [-0.2, -0.15) is 0 Å². The molecule has 0 saturated heterocycles. The first kappa shape index (κ1) is 22.8. The third kappa shape index (κ3) is 7.42. The maximum absolute atomic E-state index is 12.9. The highest BCUT2D eigenvalue weighted by Crippen LogP contribution is 2.16. The van der Waals surface area contributed by atoms with Gasteiger partial charge in [-0.05, 0) is 50.1 Å². The molecule has 156 valence electrons. The lowest BCUT2D eigenvalue weighted by Crippen LogP contribution is -2.49. The van der Waals surface area contributed by atoms with E-state index < -0.39 is 6.04 Å². The number of benzene rings is 2. The number of carbonyl (C=O) groups is 2. The molecule has 0 fully saturated rings. The molecule has 0 aromatic heterocycles. The van der Waals surface area contributed by atoms with Crippen LogP contribution >= 0.6 is 11.6 Å². The van der Waals surface area contributed by atoms with E-state index in [1.165, 1.54) is 4.90 Å². The van der Waals surface area contributed by atoms with E-state index in [-0.39, 0.29) is 25.0 Å². The molecular formula is C23H29ClN2O3. The summed E-state index contributed by atoms with van der Waals surface area (Å²) in [6.45, 7) is 6.51. The van der Waals surface area contributed by atoms with Gasteiger partial charge in [-0.3, -0.25) is 9.59 Å². The summed E-state index contributed by atoms with van der Waals surface area (Å²) >= 11 is 6.08. The lowest BCUT2D eigenvalue weighted by atomic mass is 10.1. The third-order valence-corrected chi connectivity index (χ3v) is 4.86. The number of hydrogen-bond donors (Lipinski definition) is 1. The number of halogens is 1. The zero-order valence-electron chi connectivity index (χ0n) is 17.3. The molecule has 2 aromatic carbocycles. The summed E-state index contributed by atoms with van der Waals surface area (Å²) in [5.41, 5.74) is 1.97. The molecular weight excluding hydrogens is 388 g/mol. The number of nitrogens with one attached hydrogen (secondary N) is 1. The van der Waals surface area contributed by atoms with Crippen LogP contribution in [0, 0.1) is 6.92 Å². The van der Waals surface area contributed by atoms with Crippen molar-refractivity contribution in [3.05, 3.63) is 64.7 Å². The van der Waals surface area contributed by atoms with Gasteiger partial charge >= 0.3 is 0 Å². The minimum Gasteiger partial charge on any atom is -0.484 e. The Morgan fingerprint density at radius 2 is 1.90 bits per heavy atom. The first-order valence-corrected chi connectivity index (χ1v) is 10.3. The maximum Gasteiger partial charge on any atom is 0.261 e. The van der Waals surface area contributed by atoms with E-state index in [1.807, 2.05) is 43.3 Å². The number of unbranched alkanes of at least 4 members (excludes halogenated alkanes) is 1. The second-order valence-electron chi connectivity index (χ2n) is 7.07. The molecule has 0 spiro atoms. The van der Waals surface area contributed by atoms with E-state index in [2.05, 4.69) is 12.2 Å². The van der Waals surface area contributed by atoms with Crippen molar-refractivity contribution in [3.8, 4) is 5.75 Å². The second-order valence-corrected chi connectivity index (χ2v) is 7.51. The Balaban J connectivity index is 2.10. The van der Waals surface area contributed by atoms with Crippen molar-refractivity contribution in [2.24, 2.45) is 0 Å². The van der Waals surface area contributed by atoms with Gasteiger partial charge in [-0.15, -0.1) is 0 Å². The van der Waals surface area contributed by atoms with Crippen LogP contribution in [0.1, 0.15) is 37.8 Å². The zero-order chi connectivity index (χ0) is 21.2. The monoisotopic (exact) mass is 416 g/mol. The molecule has 0 aliphatic heterocycles. The lowest BCUT2D eigenvalue weighted by Gasteiger charge is -2.28. The second kappa shape index (κ2) is 11.5. The fraction of sp³-hybridized carbons (Fsp3) is 0.391. The molecule has 0 heterocycles. The quantitative estimate of drug-likeness (QED) is 0.585. The van der Waals surface area contributed by atoms with Crippen LogP contribution in [0.15, 0.2) is 48.5 Å². The molecule has 0 bridgehead atoms. The number of rotatable bonds is 10. The van der Waals surface area contributed by atoms with Gasteiger partial charge < -0.3 is 15.0 Å². The number of nitrogens with zero attached hydrogens (tertiary/aromatic N) is 1. The minimum atomic E-state index is -0.625. The van der Waals surface area contributed by atoms with Gasteiger partial charge in [0.25, 0.3) is 5.91 Å². The van der Waals surface area contributed by atoms with Crippen molar-refractivity contribution < 1.29 is 14.3 Å². The normalized spacial score (nSPS) is 11.6. The summed E-state index contributed by atoms with van der Waals surface area (Å²) in [6.07, 6.45) is 1.89. The molecule has 2 amide bonds. The number of hydrogen-bond acceptors (Lipinski definition) is 3. The van der Waals surface area contributed by atoms with E-state index in [0.29, 0.717) is 17.3 Å². The SMILES string of the molecule is CCCCNC(=O)[C@@H](C)N(Cc1cccc(Cl)c1)C(=O)COc1ccc(C)cc1. The summed E-state index contributed by atoms with van der Waals surface area (Å²) < 4.78 is 5.64. The number of ether oxygens (including phenoxy) is 1. The van der Waals surface area contributed by atoms with Crippen molar-refractivity contribution in [3.63, 3.8) is 0 Å². The van der Waals surface area contributed by atoms with Crippen LogP contribution in [0.3, 0.4) is 0 Å². The Morgan fingerprint density at radius 1 is 1.17 bits per heavy atom. The third-order valence-electron chi connectivity index (χ3n) is 4.62. The Morgan fingerprint density at radius 3 is 2.55 bits per heavy atom. The van der Waals surface area contributed by atoms with Gasteiger partial charge in [0, 0.05) is 18.1 Å². The fourth-order valence-corrected chi connectivity index (χ4v) is 3.03. The van der Waals surface area contributed by atoms with Crippen molar-refractivity contribution >= 4 is 23.4 Å². The summed E-state index contributed by atoms with van der Waals surface area (Å²) in [6, 6.07) is 14.2. The first-order chi connectivity index (χ1) is 13.9. The van der Waals surface area contributed by atoms with E-state index in [1.54, 1.807) is 19.1 Å². The Labute approximate surface area is 178 Å². The van der Waals surface area contributed by atoms with Gasteiger partial charge in [-0.1, -0.05) is 54.8 Å². The summed E-state index contributed by atoms with van der Waals surface area (Å²) in [5.74, 6) is 0.180. The average Bonchev–Trinajstić information content (AvgIpc) is 2.71. The highest BCUT2D eigenvalue weighted by atomic mass is 35.5. The van der Waals surface area contributed by atoms with Gasteiger partial charge in [0.05, 0.1) is 0 Å². The van der Waals surface area contributed by atoms with Gasteiger partial charge in [0.15, 0.2) is 6.61 Å². The van der Waals surface area contributed by atoms with Gasteiger partial charge in [-0.25, -0.2) is 0 Å². The summed E-state index contributed by atoms with van der Waals surface area (Å²) in [7, 11) is 0. The van der Waals surface area contributed by atoms with Crippen LogP contribution in [-0.4, -0.2) is 35.9 Å². The van der Waals surface area contributed by atoms with Gasteiger partial charge in [0.1, 0.15) is 11.8 Å². The van der Waals surface area contributed by atoms with Crippen molar-refractivity contribution in [1.82, 2.24) is 10.2 Å². The Bertz CT molecular complexity index is 808. The standard InChI is InChI=1S/C23H29ClN2O3/c1-4-5-13-25-23(28)18(3)26(15-19-7-6-8-20(24)14-19)22(27)16-29-21-11-9-17(2)10-12-21/h6-12,14,18H,4-5,13,15-16H2,1-3H3,(H,25,28)/t18-/m1/s1. The predicted octanol–water partition coefficient (Wildman–Crippen LogP) is 4.36. The molecule has 2 rings (SSSR count). The molecule has 1 atom stereocenters. The summed E-state index contributed by atoms with van der Waals surface area (Å²) in [5, 5.41) is 3.48. The van der Waals surface area contributed by atoms with Crippen molar-refractivity contribution in [2.45, 2.75) is 46.2 Å². The highest BCUT2D eigenvalue weighted by molar-refractivity contribution is 6.30. The van der Waals surface area contributed by atoms with E-state index >= 15 is 0 Å². The molecule has 0 aliphatic rings. The van der Waals surface area contributed by atoms with Crippen LogP contribution in [0.2, 0.25) is 5.02 Å². The highest BCUT2D eigenvalue weighted by Gasteiger charge is 2.26. The van der Waals surface area contributed by atoms with Crippen LogP contribution < -0.4 is 10.1 Å². The maximum atomic E-state index is 12.9. The smallest absolute Gasteiger partial charge is 0.261 e. The largest absolute Gasteiger partial charge is 0.484 e. The van der Waals surface area contributed by atoms with Crippen LogP contribution in [0.5, 0.6) is 5.75 Å². The molecule has 0 unspecified atom stereocenters. The molecule has 6 heteroatoms. The zero-order valence-corrected chi connectivity index (χ0v) is 18.0.